The molecule has 0 aliphatic carbocycles. The van der Waals surface area contributed by atoms with Crippen LogP contribution in [0, 0.1) is 6.92 Å². The first kappa shape index (κ1) is 23.4. The summed E-state index contributed by atoms with van der Waals surface area (Å²) in [6, 6.07) is 21.1. The van der Waals surface area contributed by atoms with Gasteiger partial charge in [-0.15, -0.1) is 0 Å². The number of hydrogen-bond acceptors (Lipinski definition) is 5. The molecular weight excluding hydrogens is 418 g/mol. The Hall–Kier alpha value is -4.26. The first-order chi connectivity index (χ1) is 15.9. The van der Waals surface area contributed by atoms with E-state index in [0.717, 1.165) is 17.5 Å². The number of nitrogens with zero attached hydrogens (tertiary/aromatic N) is 1. The standard InChI is InChI=1S/C26H25N3O4/c1-4-19-7-5-6-8-23(19)27-24(30)25(31)29-28-18(3)20-13-15-22(16-14-20)33-26(32)21-11-9-17(2)10-12-21/h5-16H,4H2,1-3H3,(H,27,30)(H,29,31)/b28-18+. The minimum absolute atomic E-state index is 0.384. The number of amides is 2. The van der Waals surface area contributed by atoms with Gasteiger partial charge in [-0.1, -0.05) is 42.8 Å². The molecule has 0 bridgehead atoms. The van der Waals surface area contributed by atoms with Gasteiger partial charge >= 0.3 is 17.8 Å². The molecule has 0 aliphatic rings. The van der Waals surface area contributed by atoms with Crippen LogP contribution in [-0.2, 0) is 16.0 Å². The predicted octanol–water partition coefficient (Wildman–Crippen LogP) is 4.26. The summed E-state index contributed by atoms with van der Waals surface area (Å²) in [7, 11) is 0. The largest absolute Gasteiger partial charge is 0.423 e. The quantitative estimate of drug-likeness (QED) is 0.196. The maximum atomic E-state index is 12.2. The van der Waals surface area contributed by atoms with Crippen LogP contribution in [0.25, 0.3) is 0 Å². The average Bonchev–Trinajstić information content (AvgIpc) is 2.83. The fraction of sp³-hybridized carbons (Fsp3) is 0.154. The Morgan fingerprint density at radius 1 is 0.848 bits per heavy atom. The van der Waals surface area contributed by atoms with Crippen LogP contribution in [0.3, 0.4) is 0 Å². The molecule has 3 rings (SSSR count). The summed E-state index contributed by atoms with van der Waals surface area (Å²) in [5.41, 5.74) is 6.49. The van der Waals surface area contributed by atoms with Crippen molar-refractivity contribution in [3.63, 3.8) is 0 Å². The van der Waals surface area contributed by atoms with Crippen LogP contribution >= 0.6 is 0 Å². The van der Waals surface area contributed by atoms with Gasteiger partial charge in [0.1, 0.15) is 5.75 Å². The number of benzene rings is 3. The van der Waals surface area contributed by atoms with E-state index in [9.17, 15) is 14.4 Å². The van der Waals surface area contributed by atoms with Gasteiger partial charge < -0.3 is 10.1 Å². The van der Waals surface area contributed by atoms with E-state index in [1.54, 1.807) is 55.5 Å². The van der Waals surface area contributed by atoms with Crippen LogP contribution in [0.15, 0.2) is 77.9 Å². The van der Waals surface area contributed by atoms with Crippen molar-refractivity contribution < 1.29 is 19.1 Å². The molecule has 0 fully saturated rings. The minimum Gasteiger partial charge on any atom is -0.423 e. The van der Waals surface area contributed by atoms with Crippen molar-refractivity contribution in [3.05, 3.63) is 95.1 Å². The van der Waals surface area contributed by atoms with Crippen LogP contribution in [-0.4, -0.2) is 23.5 Å². The molecule has 0 unspecified atom stereocenters. The Kier molecular flexibility index (Phi) is 7.70. The normalized spacial score (nSPS) is 10.9. The number of rotatable bonds is 6. The molecule has 0 spiro atoms. The van der Waals surface area contributed by atoms with Crippen molar-refractivity contribution >= 4 is 29.2 Å². The van der Waals surface area contributed by atoms with E-state index in [1.807, 2.05) is 38.1 Å². The van der Waals surface area contributed by atoms with Crippen molar-refractivity contribution in [3.8, 4) is 5.75 Å². The fourth-order valence-corrected chi connectivity index (χ4v) is 3.00. The van der Waals surface area contributed by atoms with E-state index in [1.165, 1.54) is 0 Å². The highest BCUT2D eigenvalue weighted by Gasteiger charge is 2.15. The van der Waals surface area contributed by atoms with Gasteiger partial charge in [0.15, 0.2) is 0 Å². The minimum atomic E-state index is -0.871. The number of carbonyl (C=O) groups excluding carboxylic acids is 3. The molecule has 0 saturated heterocycles. The average molecular weight is 444 g/mol. The molecule has 0 saturated carbocycles. The first-order valence-corrected chi connectivity index (χ1v) is 10.5. The highest BCUT2D eigenvalue weighted by atomic mass is 16.5. The summed E-state index contributed by atoms with van der Waals surface area (Å²) < 4.78 is 5.38. The van der Waals surface area contributed by atoms with Crippen LogP contribution in [0.1, 0.15) is 40.9 Å². The van der Waals surface area contributed by atoms with E-state index in [0.29, 0.717) is 28.3 Å². The number of ether oxygens (including phenoxy) is 1. The lowest BCUT2D eigenvalue weighted by atomic mass is 10.1. The van der Waals surface area contributed by atoms with Gasteiger partial charge in [-0.25, -0.2) is 10.2 Å². The Morgan fingerprint density at radius 3 is 2.15 bits per heavy atom. The lowest BCUT2D eigenvalue weighted by Gasteiger charge is -2.09. The molecular formula is C26H25N3O4. The molecule has 0 aliphatic heterocycles. The second kappa shape index (κ2) is 10.9. The van der Waals surface area contributed by atoms with Gasteiger partial charge in [-0.2, -0.15) is 5.10 Å². The maximum absolute atomic E-state index is 12.2. The summed E-state index contributed by atoms with van der Waals surface area (Å²) in [6.45, 7) is 5.60. The lowest BCUT2D eigenvalue weighted by molar-refractivity contribution is -0.136. The monoisotopic (exact) mass is 443 g/mol. The molecule has 0 radical (unpaired) electrons. The number of esters is 1. The van der Waals surface area contributed by atoms with Crippen molar-refractivity contribution in [2.24, 2.45) is 5.10 Å². The molecule has 2 amide bonds. The zero-order valence-corrected chi connectivity index (χ0v) is 18.7. The third kappa shape index (κ3) is 6.36. The SMILES string of the molecule is CCc1ccccc1NC(=O)C(=O)N/N=C(\C)c1ccc(OC(=O)c2ccc(C)cc2)cc1. The van der Waals surface area contributed by atoms with Gasteiger partial charge in [0, 0.05) is 5.69 Å². The smallest absolute Gasteiger partial charge is 0.343 e. The third-order valence-corrected chi connectivity index (χ3v) is 4.95. The second-order valence-corrected chi connectivity index (χ2v) is 7.38. The number of para-hydroxylation sites is 1. The van der Waals surface area contributed by atoms with E-state index in [4.69, 9.17) is 4.74 Å². The molecule has 3 aromatic rings. The number of nitrogens with one attached hydrogen (secondary N) is 2. The number of aryl methyl sites for hydroxylation is 2. The Bertz CT molecular complexity index is 1180. The van der Waals surface area contributed by atoms with Crippen molar-refractivity contribution in [1.29, 1.82) is 0 Å². The maximum Gasteiger partial charge on any atom is 0.343 e. The lowest BCUT2D eigenvalue weighted by Crippen LogP contribution is -2.33. The topological polar surface area (TPSA) is 96.9 Å². The second-order valence-electron chi connectivity index (χ2n) is 7.38. The Morgan fingerprint density at radius 2 is 1.48 bits per heavy atom. The van der Waals surface area contributed by atoms with E-state index in [2.05, 4.69) is 15.8 Å². The van der Waals surface area contributed by atoms with E-state index < -0.39 is 17.8 Å². The van der Waals surface area contributed by atoms with Crippen molar-refractivity contribution in [2.45, 2.75) is 27.2 Å². The van der Waals surface area contributed by atoms with Gasteiger partial charge in [0.2, 0.25) is 0 Å². The number of anilines is 1. The molecule has 7 heteroatoms. The molecule has 0 atom stereocenters. The van der Waals surface area contributed by atoms with Gasteiger partial charge in [0.05, 0.1) is 11.3 Å². The molecule has 33 heavy (non-hydrogen) atoms. The van der Waals surface area contributed by atoms with Gasteiger partial charge in [-0.3, -0.25) is 9.59 Å². The first-order valence-electron chi connectivity index (χ1n) is 10.5. The predicted molar refractivity (Wildman–Crippen MR) is 127 cm³/mol. The molecule has 3 aromatic carbocycles. The van der Waals surface area contributed by atoms with E-state index >= 15 is 0 Å². The van der Waals surface area contributed by atoms with Crippen molar-refractivity contribution in [2.75, 3.05) is 5.32 Å². The van der Waals surface area contributed by atoms with Crippen LogP contribution in [0.2, 0.25) is 0 Å². The number of carbonyl (C=O) groups is 3. The zero-order chi connectivity index (χ0) is 23.8. The highest BCUT2D eigenvalue weighted by molar-refractivity contribution is 6.39. The van der Waals surface area contributed by atoms with E-state index in [-0.39, 0.29) is 0 Å². The van der Waals surface area contributed by atoms with Crippen LogP contribution < -0.4 is 15.5 Å². The highest BCUT2D eigenvalue weighted by Crippen LogP contribution is 2.16. The van der Waals surface area contributed by atoms with Gasteiger partial charge in [-0.05, 0) is 73.9 Å². The third-order valence-electron chi connectivity index (χ3n) is 4.95. The van der Waals surface area contributed by atoms with Crippen LogP contribution in [0.5, 0.6) is 5.75 Å². The summed E-state index contributed by atoms with van der Waals surface area (Å²) >= 11 is 0. The summed E-state index contributed by atoms with van der Waals surface area (Å²) in [5, 5.41) is 6.59. The Labute approximate surface area is 192 Å². The molecule has 0 aromatic heterocycles. The van der Waals surface area contributed by atoms with Gasteiger partial charge in [0.25, 0.3) is 0 Å². The molecule has 2 N–H and O–H groups in total. The molecule has 168 valence electrons. The summed E-state index contributed by atoms with van der Waals surface area (Å²) in [6.07, 6.45) is 0.728. The fourth-order valence-electron chi connectivity index (χ4n) is 3.00. The number of hydrogen-bond donors (Lipinski definition) is 2. The summed E-state index contributed by atoms with van der Waals surface area (Å²) in [5.74, 6) is -1.74. The Balaban J connectivity index is 1.57. The molecule has 7 nitrogen and oxygen atoms in total. The van der Waals surface area contributed by atoms with Crippen LogP contribution in [0.4, 0.5) is 5.69 Å². The molecule has 0 heterocycles. The number of hydrazone groups is 1. The van der Waals surface area contributed by atoms with Crippen molar-refractivity contribution in [1.82, 2.24) is 5.43 Å². The summed E-state index contributed by atoms with van der Waals surface area (Å²) in [4.78, 5) is 36.5. The zero-order valence-electron chi connectivity index (χ0n) is 18.7.